The van der Waals surface area contributed by atoms with Crippen molar-refractivity contribution < 1.29 is 14.3 Å². The van der Waals surface area contributed by atoms with Crippen molar-refractivity contribution in [3.63, 3.8) is 0 Å². The van der Waals surface area contributed by atoms with E-state index in [1.54, 1.807) is 19.1 Å². The number of nitrogens with zero attached hydrogens (tertiary/aromatic N) is 1. The first-order valence-corrected chi connectivity index (χ1v) is 6.62. The monoisotopic (exact) mass is 280 g/mol. The van der Waals surface area contributed by atoms with Crippen LogP contribution in [0.25, 0.3) is 11.3 Å². The highest BCUT2D eigenvalue weighted by Crippen LogP contribution is 2.25. The SMILES string of the molecule is CC(CNc1nc(-c2ccc(F)cc2)cs1)C(=O)O. The van der Waals surface area contributed by atoms with Crippen LogP contribution in [0.2, 0.25) is 0 Å². The molecule has 2 N–H and O–H groups in total. The third-order valence-corrected chi connectivity index (χ3v) is 3.43. The van der Waals surface area contributed by atoms with Gasteiger partial charge in [0, 0.05) is 17.5 Å². The summed E-state index contributed by atoms with van der Waals surface area (Å²) in [5.41, 5.74) is 1.58. The zero-order chi connectivity index (χ0) is 13.8. The predicted octanol–water partition coefficient (Wildman–Crippen LogP) is 3.08. The average Bonchev–Trinajstić information content (AvgIpc) is 2.85. The Morgan fingerprint density at radius 1 is 1.47 bits per heavy atom. The Hall–Kier alpha value is -1.95. The van der Waals surface area contributed by atoms with Crippen molar-refractivity contribution in [2.45, 2.75) is 6.92 Å². The van der Waals surface area contributed by atoms with Crippen molar-refractivity contribution >= 4 is 22.4 Å². The Kier molecular flexibility index (Phi) is 4.11. The molecule has 0 saturated heterocycles. The molecular weight excluding hydrogens is 267 g/mol. The van der Waals surface area contributed by atoms with Gasteiger partial charge in [0.25, 0.3) is 0 Å². The van der Waals surface area contributed by atoms with Crippen molar-refractivity contribution in [1.29, 1.82) is 0 Å². The number of anilines is 1. The molecule has 0 aliphatic heterocycles. The van der Waals surface area contributed by atoms with Gasteiger partial charge in [0.2, 0.25) is 0 Å². The lowest BCUT2D eigenvalue weighted by atomic mass is 10.2. The van der Waals surface area contributed by atoms with E-state index in [4.69, 9.17) is 5.11 Å². The maximum atomic E-state index is 12.8. The summed E-state index contributed by atoms with van der Waals surface area (Å²) >= 11 is 1.39. The lowest BCUT2D eigenvalue weighted by Crippen LogP contribution is -2.19. The second-order valence-corrected chi connectivity index (χ2v) is 5.02. The first-order chi connectivity index (χ1) is 9.06. The molecule has 2 aromatic rings. The van der Waals surface area contributed by atoms with Gasteiger partial charge in [-0.15, -0.1) is 11.3 Å². The van der Waals surface area contributed by atoms with Gasteiger partial charge < -0.3 is 10.4 Å². The standard InChI is InChI=1S/C13H13FN2O2S/c1-8(12(17)18)6-15-13-16-11(7-19-13)9-2-4-10(14)5-3-9/h2-5,7-8H,6H2,1H3,(H,15,16)(H,17,18). The summed E-state index contributed by atoms with van der Waals surface area (Å²) in [5, 5.41) is 14.3. The smallest absolute Gasteiger partial charge is 0.308 e. The van der Waals surface area contributed by atoms with Gasteiger partial charge in [-0.1, -0.05) is 6.92 Å². The lowest BCUT2D eigenvalue weighted by Gasteiger charge is -2.06. The van der Waals surface area contributed by atoms with E-state index in [1.165, 1.54) is 23.5 Å². The Bertz CT molecular complexity index is 568. The number of rotatable bonds is 5. The molecule has 4 nitrogen and oxygen atoms in total. The van der Waals surface area contributed by atoms with Crippen LogP contribution in [0.15, 0.2) is 29.6 Å². The zero-order valence-electron chi connectivity index (χ0n) is 10.3. The van der Waals surface area contributed by atoms with E-state index in [1.807, 2.05) is 5.38 Å². The molecule has 0 aliphatic rings. The van der Waals surface area contributed by atoms with Gasteiger partial charge in [-0.2, -0.15) is 0 Å². The predicted molar refractivity (Wildman–Crippen MR) is 72.8 cm³/mol. The van der Waals surface area contributed by atoms with Crippen LogP contribution in [0.5, 0.6) is 0 Å². The molecule has 1 aromatic heterocycles. The van der Waals surface area contributed by atoms with Crippen molar-refractivity contribution in [3.05, 3.63) is 35.5 Å². The molecule has 0 amide bonds. The Morgan fingerprint density at radius 3 is 2.79 bits per heavy atom. The number of thiazole rings is 1. The minimum atomic E-state index is -0.845. The number of carbonyl (C=O) groups is 1. The normalized spacial score (nSPS) is 12.1. The van der Waals surface area contributed by atoms with Crippen LogP contribution in [0.4, 0.5) is 9.52 Å². The maximum absolute atomic E-state index is 12.8. The Balaban J connectivity index is 2.03. The molecule has 1 aromatic carbocycles. The fourth-order valence-electron chi connectivity index (χ4n) is 1.44. The van der Waals surface area contributed by atoms with Gasteiger partial charge in [0.1, 0.15) is 5.82 Å². The number of aromatic nitrogens is 1. The summed E-state index contributed by atoms with van der Waals surface area (Å²) in [5.74, 6) is -1.60. The van der Waals surface area contributed by atoms with E-state index in [2.05, 4.69) is 10.3 Å². The van der Waals surface area contributed by atoms with Gasteiger partial charge in [-0.05, 0) is 24.3 Å². The number of benzene rings is 1. The molecule has 0 radical (unpaired) electrons. The third kappa shape index (κ3) is 3.51. The topological polar surface area (TPSA) is 62.2 Å². The number of nitrogens with one attached hydrogen (secondary N) is 1. The summed E-state index contributed by atoms with van der Waals surface area (Å²) in [4.78, 5) is 15.0. The third-order valence-electron chi connectivity index (χ3n) is 2.63. The molecule has 0 aliphatic carbocycles. The van der Waals surface area contributed by atoms with Crippen LogP contribution >= 0.6 is 11.3 Å². The van der Waals surface area contributed by atoms with Crippen LogP contribution in [0.1, 0.15) is 6.92 Å². The molecule has 1 unspecified atom stereocenters. The minimum absolute atomic E-state index is 0.285. The summed E-state index contributed by atoms with van der Waals surface area (Å²) in [6, 6.07) is 6.09. The van der Waals surface area contributed by atoms with Gasteiger partial charge in [0.05, 0.1) is 11.6 Å². The second-order valence-electron chi connectivity index (χ2n) is 4.16. The van der Waals surface area contributed by atoms with Gasteiger partial charge in [0.15, 0.2) is 5.13 Å². The van der Waals surface area contributed by atoms with Crippen molar-refractivity contribution in [1.82, 2.24) is 4.98 Å². The fraction of sp³-hybridized carbons (Fsp3) is 0.231. The average molecular weight is 280 g/mol. The Labute approximate surface area is 113 Å². The molecule has 100 valence electrons. The van der Waals surface area contributed by atoms with Crippen LogP contribution in [-0.4, -0.2) is 22.6 Å². The van der Waals surface area contributed by atoms with Crippen LogP contribution < -0.4 is 5.32 Å². The summed E-state index contributed by atoms with van der Waals surface area (Å²) in [6.07, 6.45) is 0. The first-order valence-electron chi connectivity index (χ1n) is 5.74. The molecule has 0 saturated carbocycles. The molecule has 1 heterocycles. The van der Waals surface area contributed by atoms with Crippen molar-refractivity contribution in [3.8, 4) is 11.3 Å². The van der Waals surface area contributed by atoms with E-state index in [9.17, 15) is 9.18 Å². The van der Waals surface area contributed by atoms with Crippen LogP contribution in [0.3, 0.4) is 0 Å². The van der Waals surface area contributed by atoms with Crippen molar-refractivity contribution in [2.75, 3.05) is 11.9 Å². The van der Waals surface area contributed by atoms with E-state index >= 15 is 0 Å². The fourth-order valence-corrected chi connectivity index (χ4v) is 2.17. The number of aliphatic carboxylic acids is 1. The van der Waals surface area contributed by atoms with E-state index in [0.29, 0.717) is 11.7 Å². The quantitative estimate of drug-likeness (QED) is 0.883. The number of halogens is 1. The molecular formula is C13H13FN2O2S. The van der Waals surface area contributed by atoms with Crippen molar-refractivity contribution in [2.24, 2.45) is 5.92 Å². The number of hydrogen-bond donors (Lipinski definition) is 2. The number of hydrogen-bond acceptors (Lipinski definition) is 4. The maximum Gasteiger partial charge on any atom is 0.308 e. The number of carboxylic acid groups (broad SMARTS) is 1. The summed E-state index contributed by atoms with van der Waals surface area (Å²) in [7, 11) is 0. The van der Waals surface area contributed by atoms with E-state index in [0.717, 1.165) is 11.3 Å². The highest BCUT2D eigenvalue weighted by molar-refractivity contribution is 7.14. The van der Waals surface area contributed by atoms with E-state index < -0.39 is 11.9 Å². The summed E-state index contributed by atoms with van der Waals surface area (Å²) < 4.78 is 12.8. The molecule has 1 atom stereocenters. The van der Waals surface area contributed by atoms with Gasteiger partial charge >= 0.3 is 5.97 Å². The van der Waals surface area contributed by atoms with Crippen LogP contribution in [-0.2, 0) is 4.79 Å². The molecule has 0 bridgehead atoms. The molecule has 2 rings (SSSR count). The van der Waals surface area contributed by atoms with Gasteiger partial charge in [-0.3, -0.25) is 4.79 Å². The molecule has 0 spiro atoms. The Morgan fingerprint density at radius 2 is 2.16 bits per heavy atom. The largest absolute Gasteiger partial charge is 0.481 e. The second kappa shape index (κ2) is 5.79. The van der Waals surface area contributed by atoms with Gasteiger partial charge in [-0.25, -0.2) is 9.37 Å². The zero-order valence-corrected chi connectivity index (χ0v) is 11.1. The summed E-state index contributed by atoms with van der Waals surface area (Å²) in [6.45, 7) is 1.95. The number of carboxylic acids is 1. The van der Waals surface area contributed by atoms with Crippen LogP contribution in [0, 0.1) is 11.7 Å². The molecule has 0 fully saturated rings. The highest BCUT2D eigenvalue weighted by atomic mass is 32.1. The first kappa shape index (κ1) is 13.5. The molecule has 6 heteroatoms. The van der Waals surface area contributed by atoms with E-state index in [-0.39, 0.29) is 5.82 Å². The minimum Gasteiger partial charge on any atom is -0.481 e. The highest BCUT2D eigenvalue weighted by Gasteiger charge is 2.11. The molecule has 19 heavy (non-hydrogen) atoms. The lowest BCUT2D eigenvalue weighted by molar-refractivity contribution is -0.140.